The number of halogens is 4. The van der Waals surface area contributed by atoms with Gasteiger partial charge in [-0.3, -0.25) is 10.1 Å². The lowest BCUT2D eigenvalue weighted by Crippen LogP contribution is -2.60. The summed E-state index contributed by atoms with van der Waals surface area (Å²) in [5, 5.41) is 29.6. The lowest BCUT2D eigenvalue weighted by Gasteiger charge is -2.43. The molecule has 0 spiro atoms. The summed E-state index contributed by atoms with van der Waals surface area (Å²) in [6, 6.07) is 2.54. The highest BCUT2D eigenvalue weighted by Gasteiger charge is 2.59. The predicted octanol–water partition coefficient (Wildman–Crippen LogP) is 3.78. The number of benzene rings is 1. The molecule has 0 fully saturated rings. The minimum Gasteiger partial charge on any atom is -0.477 e. The molecule has 1 aromatic carbocycles. The van der Waals surface area contributed by atoms with Gasteiger partial charge in [0.2, 0.25) is 5.60 Å². The summed E-state index contributed by atoms with van der Waals surface area (Å²) in [6.07, 6.45) is -3.41. The number of rotatable bonds is 9. The number of carbonyl (C=O) groups is 2. The molecule has 0 heterocycles. The topological polar surface area (TPSA) is 136 Å². The third kappa shape index (κ3) is 5.28. The molecule has 33 heavy (non-hydrogen) atoms. The lowest BCUT2D eigenvalue weighted by molar-refractivity contribution is -0.385. The Balaban J connectivity index is 2.70. The van der Waals surface area contributed by atoms with Crippen molar-refractivity contribution in [1.82, 2.24) is 0 Å². The number of nitro groups is 1. The standard InChI is InChI=1S/C20H19ClF3NO8/c1-2-32-17(29)19(33-13-4-5-15(25(30)31)14(10-13)16(27)28)8-6-12(20(22,23)24)11-18(19,21)7-3-9-26/h4-6,8,10-11,26H,2-3,7,9H2,1H3,(H,27,28). The van der Waals surface area contributed by atoms with Gasteiger partial charge in [-0.15, -0.1) is 11.6 Å². The third-order valence-electron chi connectivity index (χ3n) is 4.78. The molecular weight excluding hydrogens is 475 g/mol. The second-order valence-corrected chi connectivity index (χ2v) is 7.59. The maximum absolute atomic E-state index is 13.4. The molecule has 0 saturated heterocycles. The Hall–Kier alpha value is -3.12. The van der Waals surface area contributed by atoms with Crippen molar-refractivity contribution in [2.45, 2.75) is 36.4 Å². The van der Waals surface area contributed by atoms with E-state index in [4.69, 9.17) is 21.1 Å². The number of hydrogen-bond acceptors (Lipinski definition) is 7. The molecular formula is C20H19ClF3NO8. The van der Waals surface area contributed by atoms with E-state index in [0.717, 1.165) is 24.3 Å². The summed E-state index contributed by atoms with van der Waals surface area (Å²) in [7, 11) is 0. The molecule has 1 aliphatic carbocycles. The summed E-state index contributed by atoms with van der Waals surface area (Å²) >= 11 is 6.55. The lowest BCUT2D eigenvalue weighted by atomic mass is 9.77. The highest BCUT2D eigenvalue weighted by molar-refractivity contribution is 6.28. The molecule has 2 unspecified atom stereocenters. The first-order valence-corrected chi connectivity index (χ1v) is 9.86. The molecule has 180 valence electrons. The maximum atomic E-state index is 13.4. The van der Waals surface area contributed by atoms with Gasteiger partial charge >= 0.3 is 18.1 Å². The number of aliphatic hydroxyl groups excluding tert-OH is 1. The van der Waals surface area contributed by atoms with Crippen LogP contribution in [0, 0.1) is 10.1 Å². The number of carboxylic acid groups (broad SMARTS) is 1. The molecule has 0 saturated carbocycles. The van der Waals surface area contributed by atoms with E-state index in [0.29, 0.717) is 12.2 Å². The van der Waals surface area contributed by atoms with Crippen LogP contribution in [0.1, 0.15) is 30.1 Å². The normalized spacial score (nSPS) is 22.4. The molecule has 2 rings (SSSR count). The van der Waals surface area contributed by atoms with Gasteiger partial charge in [0.25, 0.3) is 5.69 Å². The van der Waals surface area contributed by atoms with E-state index in [9.17, 15) is 43.1 Å². The Labute approximate surface area is 190 Å². The monoisotopic (exact) mass is 493 g/mol. The fourth-order valence-corrected chi connectivity index (χ4v) is 3.68. The number of aromatic carboxylic acids is 1. The van der Waals surface area contributed by atoms with Gasteiger partial charge in [0.05, 0.1) is 17.1 Å². The summed E-state index contributed by atoms with van der Waals surface area (Å²) < 4.78 is 50.8. The van der Waals surface area contributed by atoms with Crippen molar-refractivity contribution in [1.29, 1.82) is 0 Å². The van der Waals surface area contributed by atoms with Gasteiger partial charge in [-0.1, -0.05) is 0 Å². The summed E-state index contributed by atoms with van der Waals surface area (Å²) in [4.78, 5) is 32.4. The van der Waals surface area contributed by atoms with E-state index in [1.165, 1.54) is 6.92 Å². The van der Waals surface area contributed by atoms with Crippen molar-refractivity contribution in [2.24, 2.45) is 0 Å². The number of nitro benzene ring substituents is 1. The van der Waals surface area contributed by atoms with E-state index in [2.05, 4.69) is 0 Å². The Morgan fingerprint density at radius 3 is 2.48 bits per heavy atom. The molecule has 9 nitrogen and oxygen atoms in total. The second kappa shape index (κ2) is 9.79. The highest BCUT2D eigenvalue weighted by atomic mass is 35.5. The van der Waals surface area contributed by atoms with Gasteiger partial charge < -0.3 is 19.7 Å². The number of ether oxygens (including phenoxy) is 2. The molecule has 0 aromatic heterocycles. The molecule has 0 bridgehead atoms. The first kappa shape index (κ1) is 26.1. The van der Waals surface area contributed by atoms with Crippen molar-refractivity contribution in [3.63, 3.8) is 0 Å². The maximum Gasteiger partial charge on any atom is 0.416 e. The minimum absolute atomic E-state index is 0.121. The van der Waals surface area contributed by atoms with Crippen LogP contribution in [0.5, 0.6) is 5.75 Å². The van der Waals surface area contributed by atoms with Crippen LogP contribution in [-0.2, 0) is 9.53 Å². The predicted molar refractivity (Wildman–Crippen MR) is 108 cm³/mol. The average Bonchev–Trinajstić information content (AvgIpc) is 2.73. The van der Waals surface area contributed by atoms with Gasteiger partial charge in [-0.25, -0.2) is 9.59 Å². The van der Waals surface area contributed by atoms with Crippen molar-refractivity contribution >= 4 is 29.2 Å². The van der Waals surface area contributed by atoms with Crippen LogP contribution < -0.4 is 4.74 Å². The highest BCUT2D eigenvalue weighted by Crippen LogP contribution is 2.47. The number of carbonyl (C=O) groups excluding carboxylic acids is 1. The first-order chi connectivity index (χ1) is 15.3. The van der Waals surface area contributed by atoms with Gasteiger partial charge in [0.1, 0.15) is 16.2 Å². The van der Waals surface area contributed by atoms with E-state index in [-0.39, 0.29) is 19.4 Å². The quantitative estimate of drug-likeness (QED) is 0.229. The summed E-state index contributed by atoms with van der Waals surface area (Å²) in [6.45, 7) is 0.779. The molecule has 0 aliphatic heterocycles. The number of alkyl halides is 4. The number of hydrogen-bond donors (Lipinski definition) is 2. The smallest absolute Gasteiger partial charge is 0.416 e. The van der Waals surface area contributed by atoms with E-state index >= 15 is 0 Å². The van der Waals surface area contributed by atoms with Crippen molar-refractivity contribution < 1.29 is 47.4 Å². The number of carboxylic acids is 1. The molecule has 1 aliphatic rings. The Kier molecular flexibility index (Phi) is 7.75. The molecule has 0 amide bonds. The first-order valence-electron chi connectivity index (χ1n) is 9.48. The fourth-order valence-electron chi connectivity index (χ4n) is 3.25. The van der Waals surface area contributed by atoms with Crippen LogP contribution in [0.15, 0.2) is 42.0 Å². The second-order valence-electron chi connectivity index (χ2n) is 6.92. The summed E-state index contributed by atoms with van der Waals surface area (Å²) in [5.41, 5.74) is -5.14. The van der Waals surface area contributed by atoms with Crippen LogP contribution in [0.3, 0.4) is 0 Å². The van der Waals surface area contributed by atoms with Gasteiger partial charge in [-0.2, -0.15) is 13.2 Å². The SMILES string of the molecule is CCOC(=O)C1(Oc2ccc([N+](=O)[O-])c(C(=O)O)c2)C=CC(C(F)(F)F)=CC1(Cl)CCCO. The number of esters is 1. The molecule has 13 heteroatoms. The molecule has 2 N–H and O–H groups in total. The number of allylic oxidation sites excluding steroid dienone is 2. The van der Waals surface area contributed by atoms with E-state index < -0.39 is 62.7 Å². The molecule has 0 radical (unpaired) electrons. The average molecular weight is 494 g/mol. The third-order valence-corrected chi connectivity index (χ3v) is 5.36. The molecule has 2 atom stereocenters. The minimum atomic E-state index is -4.82. The summed E-state index contributed by atoms with van der Waals surface area (Å²) in [5.74, 6) is -3.25. The zero-order valence-electron chi connectivity index (χ0n) is 17.1. The van der Waals surface area contributed by atoms with E-state index in [1.807, 2.05) is 0 Å². The Morgan fingerprint density at radius 1 is 1.30 bits per heavy atom. The van der Waals surface area contributed by atoms with Crippen LogP contribution in [0.25, 0.3) is 0 Å². The zero-order chi connectivity index (χ0) is 25.0. The van der Waals surface area contributed by atoms with Gasteiger partial charge in [-0.05, 0) is 44.1 Å². The van der Waals surface area contributed by atoms with Crippen LogP contribution in [-0.4, -0.2) is 56.9 Å². The van der Waals surface area contributed by atoms with Crippen LogP contribution >= 0.6 is 11.6 Å². The van der Waals surface area contributed by atoms with Gasteiger partial charge in [0, 0.05) is 18.7 Å². The fraction of sp³-hybridized carbons (Fsp3) is 0.400. The van der Waals surface area contributed by atoms with Crippen LogP contribution in [0.4, 0.5) is 18.9 Å². The number of aliphatic hydroxyl groups is 1. The Bertz CT molecular complexity index is 1010. The Morgan fingerprint density at radius 2 is 1.97 bits per heavy atom. The van der Waals surface area contributed by atoms with E-state index in [1.54, 1.807) is 0 Å². The molecule has 1 aromatic rings. The number of nitrogens with zero attached hydrogens (tertiary/aromatic N) is 1. The van der Waals surface area contributed by atoms with Crippen molar-refractivity contribution in [2.75, 3.05) is 13.2 Å². The van der Waals surface area contributed by atoms with Crippen molar-refractivity contribution in [3.05, 3.63) is 57.7 Å². The zero-order valence-corrected chi connectivity index (χ0v) is 17.9. The van der Waals surface area contributed by atoms with Crippen LogP contribution in [0.2, 0.25) is 0 Å². The van der Waals surface area contributed by atoms with Crippen molar-refractivity contribution in [3.8, 4) is 5.75 Å². The largest absolute Gasteiger partial charge is 0.477 e. The van der Waals surface area contributed by atoms with Gasteiger partial charge in [0.15, 0.2) is 0 Å².